The summed E-state index contributed by atoms with van der Waals surface area (Å²) in [5.74, 6) is 0.0612. The lowest BCUT2D eigenvalue weighted by atomic mass is 10.2. The molecule has 1 aromatic carbocycles. The topological polar surface area (TPSA) is 38.8 Å². The molecule has 0 heterocycles. The van der Waals surface area contributed by atoms with Gasteiger partial charge in [0.25, 0.3) is 5.91 Å². The smallest absolute Gasteiger partial charge is 0.278 e. The second-order valence-corrected chi connectivity index (χ2v) is 4.64. The van der Waals surface area contributed by atoms with Crippen molar-refractivity contribution in [1.29, 1.82) is 0 Å². The Hall–Kier alpha value is -1.04. The molecule has 6 heteroatoms. The van der Waals surface area contributed by atoms with E-state index in [9.17, 15) is 4.79 Å². The Labute approximate surface area is 119 Å². The van der Waals surface area contributed by atoms with Gasteiger partial charge in [-0.1, -0.05) is 40.2 Å². The second-order valence-electron chi connectivity index (χ2n) is 3.35. The summed E-state index contributed by atoms with van der Waals surface area (Å²) in [7, 11) is 2.91. The minimum Gasteiger partial charge on any atom is -0.488 e. The van der Waals surface area contributed by atoms with Crippen molar-refractivity contribution in [1.82, 2.24) is 5.06 Å². The van der Waals surface area contributed by atoms with Crippen molar-refractivity contribution in [2.24, 2.45) is 0 Å². The lowest BCUT2D eigenvalue weighted by molar-refractivity contribution is -0.0757. The fourth-order valence-corrected chi connectivity index (χ4v) is 1.91. The molecule has 0 radical (unpaired) electrons. The molecule has 1 aromatic rings. The Morgan fingerprint density at radius 1 is 1.61 bits per heavy atom. The maximum atomic E-state index is 12.0. The van der Waals surface area contributed by atoms with Gasteiger partial charge >= 0.3 is 0 Å². The molecule has 0 aliphatic heterocycles. The molecular formula is C12H13BrClNO3. The van der Waals surface area contributed by atoms with E-state index in [1.807, 2.05) is 0 Å². The maximum Gasteiger partial charge on any atom is 0.278 e. The first-order valence-corrected chi connectivity index (χ1v) is 6.23. The van der Waals surface area contributed by atoms with Gasteiger partial charge in [0.1, 0.15) is 12.4 Å². The minimum absolute atomic E-state index is 0.244. The Morgan fingerprint density at radius 3 is 2.83 bits per heavy atom. The van der Waals surface area contributed by atoms with Crippen LogP contribution in [0.1, 0.15) is 10.4 Å². The minimum atomic E-state index is -0.354. The molecule has 0 saturated carbocycles. The largest absolute Gasteiger partial charge is 0.488 e. The summed E-state index contributed by atoms with van der Waals surface area (Å²) in [6.07, 6.45) is 1.60. The van der Waals surface area contributed by atoms with Crippen molar-refractivity contribution >= 4 is 33.4 Å². The Bertz CT molecular complexity index is 465. The number of rotatable bonds is 5. The maximum absolute atomic E-state index is 12.0. The molecule has 0 N–H and O–H groups in total. The van der Waals surface area contributed by atoms with Crippen LogP contribution in [0.2, 0.25) is 5.02 Å². The van der Waals surface area contributed by atoms with E-state index in [0.717, 1.165) is 5.06 Å². The van der Waals surface area contributed by atoms with Crippen molar-refractivity contribution in [3.8, 4) is 5.75 Å². The van der Waals surface area contributed by atoms with Crippen LogP contribution in [0.4, 0.5) is 0 Å². The summed E-state index contributed by atoms with van der Waals surface area (Å²) in [5, 5.41) is 1.33. The SMILES string of the molecule is C=CCOc1cc(Br)cc(C(=O)N(C)OC)c1Cl. The summed E-state index contributed by atoms with van der Waals surface area (Å²) >= 11 is 9.43. The highest BCUT2D eigenvalue weighted by atomic mass is 79.9. The van der Waals surface area contributed by atoms with E-state index in [4.69, 9.17) is 21.2 Å². The number of nitrogens with zero attached hydrogens (tertiary/aromatic N) is 1. The molecule has 98 valence electrons. The molecule has 0 bridgehead atoms. The number of halogens is 2. The van der Waals surface area contributed by atoms with Crippen molar-refractivity contribution in [3.05, 3.63) is 39.8 Å². The number of hydrogen-bond acceptors (Lipinski definition) is 3. The molecule has 0 aliphatic carbocycles. The molecule has 1 amide bonds. The van der Waals surface area contributed by atoms with Crippen LogP contribution in [-0.4, -0.2) is 31.7 Å². The third-order valence-electron chi connectivity index (χ3n) is 2.15. The Morgan fingerprint density at radius 2 is 2.28 bits per heavy atom. The van der Waals surface area contributed by atoms with Gasteiger partial charge in [-0.15, -0.1) is 0 Å². The molecule has 18 heavy (non-hydrogen) atoms. The van der Waals surface area contributed by atoms with Gasteiger partial charge in [-0.25, -0.2) is 5.06 Å². The number of benzene rings is 1. The van der Waals surface area contributed by atoms with Crippen molar-refractivity contribution in [2.75, 3.05) is 20.8 Å². The van der Waals surface area contributed by atoms with Crippen LogP contribution in [0.5, 0.6) is 5.75 Å². The predicted octanol–water partition coefficient (Wildman–Crippen LogP) is 3.30. The van der Waals surface area contributed by atoms with Gasteiger partial charge in [0, 0.05) is 11.5 Å². The molecule has 0 unspecified atom stereocenters. The van der Waals surface area contributed by atoms with Crippen LogP contribution in [-0.2, 0) is 4.84 Å². The third kappa shape index (κ3) is 3.48. The van der Waals surface area contributed by atoms with Gasteiger partial charge in [-0.05, 0) is 12.1 Å². The first-order chi connectivity index (χ1) is 8.51. The lowest BCUT2D eigenvalue weighted by Crippen LogP contribution is -2.25. The highest BCUT2D eigenvalue weighted by Gasteiger charge is 2.19. The fraction of sp³-hybridized carbons (Fsp3) is 0.250. The zero-order valence-electron chi connectivity index (χ0n) is 10.1. The van der Waals surface area contributed by atoms with Gasteiger partial charge < -0.3 is 4.74 Å². The first kappa shape index (κ1) is 15.0. The van der Waals surface area contributed by atoms with Gasteiger partial charge in [-0.3, -0.25) is 9.63 Å². The van der Waals surface area contributed by atoms with E-state index in [-0.39, 0.29) is 10.9 Å². The molecule has 1 rings (SSSR count). The third-order valence-corrected chi connectivity index (χ3v) is 3.00. The normalized spacial score (nSPS) is 10.0. The van der Waals surface area contributed by atoms with E-state index in [1.165, 1.54) is 14.2 Å². The molecule has 0 saturated heterocycles. The average Bonchev–Trinajstić information content (AvgIpc) is 2.37. The number of hydroxylamine groups is 2. The van der Waals surface area contributed by atoms with Gasteiger partial charge in [0.05, 0.1) is 17.7 Å². The fourth-order valence-electron chi connectivity index (χ4n) is 1.23. The molecule has 4 nitrogen and oxygen atoms in total. The molecule has 0 aliphatic rings. The monoisotopic (exact) mass is 333 g/mol. The van der Waals surface area contributed by atoms with Crippen LogP contribution < -0.4 is 4.74 Å². The first-order valence-electron chi connectivity index (χ1n) is 5.06. The Kier molecular flexibility index (Phi) is 5.65. The summed E-state index contributed by atoms with van der Waals surface area (Å²) in [6, 6.07) is 3.30. The zero-order valence-corrected chi connectivity index (χ0v) is 12.4. The van der Waals surface area contributed by atoms with E-state index in [0.29, 0.717) is 22.4 Å². The summed E-state index contributed by atoms with van der Waals surface area (Å²) in [5.41, 5.74) is 0.300. The van der Waals surface area contributed by atoms with E-state index < -0.39 is 0 Å². The molecule has 0 aromatic heterocycles. The van der Waals surface area contributed by atoms with Crippen LogP contribution in [0.25, 0.3) is 0 Å². The molecule has 0 spiro atoms. The lowest BCUT2D eigenvalue weighted by Gasteiger charge is -2.16. The number of carbonyl (C=O) groups excluding carboxylic acids is 1. The number of carbonyl (C=O) groups is 1. The second kappa shape index (κ2) is 6.78. The predicted molar refractivity (Wildman–Crippen MR) is 73.9 cm³/mol. The highest BCUT2D eigenvalue weighted by molar-refractivity contribution is 9.10. The van der Waals surface area contributed by atoms with Gasteiger partial charge in [-0.2, -0.15) is 0 Å². The standard InChI is InChI=1S/C12H13BrClNO3/c1-4-5-18-10-7-8(13)6-9(11(10)14)12(16)15(2)17-3/h4,6-7H,1,5H2,2-3H3. The number of hydrogen-bond donors (Lipinski definition) is 0. The Balaban J connectivity index is 3.15. The quantitative estimate of drug-likeness (QED) is 0.612. The average molecular weight is 335 g/mol. The van der Waals surface area contributed by atoms with E-state index in [1.54, 1.807) is 18.2 Å². The van der Waals surface area contributed by atoms with Gasteiger partial charge in [0.15, 0.2) is 0 Å². The summed E-state index contributed by atoms with van der Waals surface area (Å²) in [4.78, 5) is 16.8. The summed E-state index contributed by atoms with van der Waals surface area (Å²) in [6.45, 7) is 3.86. The molecule has 0 fully saturated rings. The van der Waals surface area contributed by atoms with Gasteiger partial charge in [0.2, 0.25) is 0 Å². The van der Waals surface area contributed by atoms with Crippen molar-refractivity contribution in [2.45, 2.75) is 0 Å². The van der Waals surface area contributed by atoms with E-state index >= 15 is 0 Å². The summed E-state index contributed by atoms with van der Waals surface area (Å²) < 4.78 is 6.07. The van der Waals surface area contributed by atoms with Crippen LogP contribution >= 0.6 is 27.5 Å². The number of amides is 1. The van der Waals surface area contributed by atoms with Crippen LogP contribution in [0.15, 0.2) is 29.3 Å². The van der Waals surface area contributed by atoms with Crippen molar-refractivity contribution in [3.63, 3.8) is 0 Å². The zero-order chi connectivity index (χ0) is 13.7. The number of ether oxygens (including phenoxy) is 1. The highest BCUT2D eigenvalue weighted by Crippen LogP contribution is 2.33. The molecule has 0 atom stereocenters. The van der Waals surface area contributed by atoms with Crippen LogP contribution in [0.3, 0.4) is 0 Å². The van der Waals surface area contributed by atoms with Crippen molar-refractivity contribution < 1.29 is 14.4 Å². The van der Waals surface area contributed by atoms with Crippen LogP contribution in [0, 0.1) is 0 Å². The molecular weight excluding hydrogens is 321 g/mol. The van der Waals surface area contributed by atoms with E-state index in [2.05, 4.69) is 22.5 Å².